The molecule has 0 unspecified atom stereocenters. The second-order valence-electron chi connectivity index (χ2n) is 13.6. The maximum Gasteiger partial charge on any atom is 0.306 e. The maximum absolute atomic E-state index is 12.3. The summed E-state index contributed by atoms with van der Waals surface area (Å²) in [6.07, 6.45) is 10.8. The lowest BCUT2D eigenvalue weighted by atomic mass is 9.43. The quantitative estimate of drug-likeness (QED) is 0.542. The van der Waals surface area contributed by atoms with Crippen molar-refractivity contribution in [2.75, 3.05) is 0 Å². The Morgan fingerprint density at radius 2 is 1.81 bits per heavy atom. The van der Waals surface area contributed by atoms with E-state index >= 15 is 0 Å². The molecule has 32 heavy (non-hydrogen) atoms. The van der Waals surface area contributed by atoms with E-state index in [1.54, 1.807) is 0 Å². The summed E-state index contributed by atoms with van der Waals surface area (Å²) in [6, 6.07) is 0.380. The van der Waals surface area contributed by atoms with E-state index in [4.69, 9.17) is 10.5 Å². The van der Waals surface area contributed by atoms with Crippen molar-refractivity contribution in [1.29, 1.82) is 0 Å². The summed E-state index contributed by atoms with van der Waals surface area (Å²) in [5.41, 5.74) is 6.29. The molecule has 0 bridgehead atoms. The molecule has 4 heteroatoms. The van der Waals surface area contributed by atoms with Crippen molar-refractivity contribution in [3.05, 3.63) is 0 Å². The molecule has 4 aliphatic carbocycles. The van der Waals surface area contributed by atoms with Gasteiger partial charge in [0, 0.05) is 12.5 Å². The van der Waals surface area contributed by atoms with Gasteiger partial charge in [-0.05, 0) is 125 Å². The van der Waals surface area contributed by atoms with Crippen LogP contribution in [0.3, 0.4) is 0 Å². The number of aliphatic hydroxyl groups is 1. The number of carbonyl (C=O) groups excluding carboxylic acids is 1. The van der Waals surface area contributed by atoms with E-state index in [-0.39, 0.29) is 17.5 Å². The minimum absolute atomic E-state index is 0.0111. The van der Waals surface area contributed by atoms with Crippen molar-refractivity contribution in [3.8, 4) is 0 Å². The van der Waals surface area contributed by atoms with E-state index in [0.29, 0.717) is 41.5 Å². The zero-order valence-electron chi connectivity index (χ0n) is 21.5. The third-order valence-electron chi connectivity index (χ3n) is 10.8. The monoisotopic (exact) mass is 447 g/mol. The molecule has 0 amide bonds. The lowest BCUT2D eigenvalue weighted by Crippen LogP contribution is -2.59. The van der Waals surface area contributed by atoms with Gasteiger partial charge < -0.3 is 15.6 Å². The van der Waals surface area contributed by atoms with Crippen molar-refractivity contribution in [1.82, 2.24) is 0 Å². The molecule has 4 fully saturated rings. The molecular weight excluding hydrogens is 398 g/mol. The molecule has 0 aromatic carbocycles. The van der Waals surface area contributed by atoms with Gasteiger partial charge in [-0.15, -0.1) is 0 Å². The lowest BCUT2D eigenvalue weighted by Gasteiger charge is -2.62. The van der Waals surface area contributed by atoms with Crippen molar-refractivity contribution < 1.29 is 14.6 Å². The number of hydrogen-bond donors (Lipinski definition) is 2. The number of aliphatic hydroxyl groups excluding tert-OH is 1. The Labute approximate surface area is 196 Å². The zero-order valence-corrected chi connectivity index (χ0v) is 21.5. The van der Waals surface area contributed by atoms with Crippen molar-refractivity contribution >= 4 is 5.97 Å². The Balaban J connectivity index is 1.47. The Bertz CT molecular complexity index is 701. The highest BCUT2D eigenvalue weighted by molar-refractivity contribution is 5.69. The highest BCUT2D eigenvalue weighted by Gasteiger charge is 2.63. The van der Waals surface area contributed by atoms with Crippen LogP contribution in [0.5, 0.6) is 0 Å². The van der Waals surface area contributed by atoms with E-state index in [9.17, 15) is 9.90 Å². The SMILES string of the molecule is C[C@H](CCC(=O)OC(C)(C)C)[C@H]1CC[C@H]2[C@@H]3CC[C@@H]4C[C@@H](N)CC[C@]4(C)[C@H]3C[C@H](O)[C@]12C. The molecule has 0 heterocycles. The van der Waals surface area contributed by atoms with Crippen LogP contribution in [0.2, 0.25) is 0 Å². The fraction of sp³-hybridized carbons (Fsp3) is 0.964. The van der Waals surface area contributed by atoms with Crippen LogP contribution < -0.4 is 5.73 Å². The van der Waals surface area contributed by atoms with Crippen LogP contribution in [0.15, 0.2) is 0 Å². The van der Waals surface area contributed by atoms with Gasteiger partial charge in [-0.2, -0.15) is 0 Å². The van der Waals surface area contributed by atoms with Crippen LogP contribution in [0.25, 0.3) is 0 Å². The minimum Gasteiger partial charge on any atom is -0.460 e. The molecule has 0 spiro atoms. The van der Waals surface area contributed by atoms with Gasteiger partial charge >= 0.3 is 5.97 Å². The Kier molecular flexibility index (Phi) is 6.55. The first kappa shape index (κ1) is 24.5. The first-order valence-corrected chi connectivity index (χ1v) is 13.5. The van der Waals surface area contributed by atoms with Gasteiger partial charge in [0.25, 0.3) is 0 Å². The van der Waals surface area contributed by atoms with E-state index in [1.165, 1.54) is 38.5 Å². The first-order chi connectivity index (χ1) is 14.9. The van der Waals surface area contributed by atoms with Crippen molar-refractivity contribution in [2.24, 2.45) is 52.1 Å². The summed E-state index contributed by atoms with van der Waals surface area (Å²) >= 11 is 0. The second kappa shape index (κ2) is 8.56. The number of rotatable bonds is 4. The van der Waals surface area contributed by atoms with Crippen LogP contribution in [0.4, 0.5) is 0 Å². The largest absolute Gasteiger partial charge is 0.460 e. The Morgan fingerprint density at radius 1 is 1.09 bits per heavy atom. The summed E-state index contributed by atoms with van der Waals surface area (Å²) in [5.74, 6) is 3.61. The van der Waals surface area contributed by atoms with Crippen molar-refractivity contribution in [2.45, 2.75) is 123 Å². The molecule has 0 aliphatic heterocycles. The number of carbonyl (C=O) groups is 1. The number of ether oxygens (including phenoxy) is 1. The highest BCUT2D eigenvalue weighted by Crippen LogP contribution is 2.68. The topological polar surface area (TPSA) is 72.5 Å². The summed E-state index contributed by atoms with van der Waals surface area (Å²) in [5, 5.41) is 11.7. The molecule has 0 saturated heterocycles. The molecule has 4 aliphatic rings. The molecule has 0 aromatic heterocycles. The molecule has 4 saturated carbocycles. The van der Waals surface area contributed by atoms with Gasteiger partial charge in [-0.1, -0.05) is 20.8 Å². The summed E-state index contributed by atoms with van der Waals surface area (Å²) in [6.45, 7) is 13.0. The fourth-order valence-electron chi connectivity index (χ4n) is 9.16. The predicted molar refractivity (Wildman–Crippen MR) is 129 cm³/mol. The predicted octanol–water partition coefficient (Wildman–Crippen LogP) is 5.70. The fourth-order valence-corrected chi connectivity index (χ4v) is 9.16. The van der Waals surface area contributed by atoms with Gasteiger partial charge in [-0.25, -0.2) is 0 Å². The summed E-state index contributed by atoms with van der Waals surface area (Å²) < 4.78 is 5.55. The Morgan fingerprint density at radius 3 is 2.50 bits per heavy atom. The van der Waals surface area contributed by atoms with E-state index in [1.807, 2.05) is 20.8 Å². The minimum atomic E-state index is -0.419. The number of nitrogens with two attached hydrogens (primary N) is 1. The summed E-state index contributed by atoms with van der Waals surface area (Å²) in [4.78, 5) is 12.3. The third-order valence-corrected chi connectivity index (χ3v) is 10.8. The smallest absolute Gasteiger partial charge is 0.306 e. The van der Waals surface area contributed by atoms with E-state index in [0.717, 1.165) is 31.1 Å². The average Bonchev–Trinajstić information content (AvgIpc) is 3.05. The first-order valence-electron chi connectivity index (χ1n) is 13.5. The third kappa shape index (κ3) is 4.17. The Hall–Kier alpha value is -0.610. The van der Waals surface area contributed by atoms with Gasteiger partial charge in [0.2, 0.25) is 0 Å². The second-order valence-corrected chi connectivity index (χ2v) is 13.6. The molecule has 184 valence electrons. The average molecular weight is 448 g/mol. The van der Waals surface area contributed by atoms with Crippen molar-refractivity contribution in [3.63, 3.8) is 0 Å². The maximum atomic E-state index is 12.3. The van der Waals surface area contributed by atoms with Crippen LogP contribution in [0, 0.1) is 46.3 Å². The summed E-state index contributed by atoms with van der Waals surface area (Å²) in [7, 11) is 0. The van der Waals surface area contributed by atoms with Crippen LogP contribution in [0.1, 0.15) is 106 Å². The standard InChI is InChI=1S/C28H49NO3/c1-17(7-12-25(31)32-26(2,3)4)21-10-11-22-20-9-8-18-15-19(29)13-14-27(18,5)23(20)16-24(30)28(21,22)6/h17-24,30H,7-16,29H2,1-6H3/t17-,18-,19+,20+,21-,22+,23+,24+,27+,28-/m1/s1. The number of esters is 1. The molecular formula is C28H49NO3. The molecule has 4 nitrogen and oxygen atoms in total. The van der Waals surface area contributed by atoms with Gasteiger partial charge in [0.05, 0.1) is 6.10 Å². The van der Waals surface area contributed by atoms with Crippen LogP contribution in [-0.4, -0.2) is 28.8 Å². The van der Waals surface area contributed by atoms with E-state index < -0.39 is 5.60 Å². The molecule has 0 aromatic rings. The molecule has 0 radical (unpaired) electrons. The van der Waals surface area contributed by atoms with E-state index in [2.05, 4.69) is 20.8 Å². The molecule has 3 N–H and O–H groups in total. The van der Waals surface area contributed by atoms with Gasteiger partial charge in [0.1, 0.15) is 5.60 Å². The zero-order chi connectivity index (χ0) is 23.5. The van der Waals surface area contributed by atoms with Gasteiger partial charge in [-0.3, -0.25) is 4.79 Å². The lowest BCUT2D eigenvalue weighted by molar-refractivity contribution is -0.169. The molecule has 10 atom stereocenters. The van der Waals surface area contributed by atoms with Crippen LogP contribution in [-0.2, 0) is 9.53 Å². The molecule has 4 rings (SSSR count). The highest BCUT2D eigenvalue weighted by atomic mass is 16.6. The normalized spacial score (nSPS) is 47.2. The number of fused-ring (bicyclic) bond motifs is 5. The van der Waals surface area contributed by atoms with Crippen LogP contribution >= 0.6 is 0 Å². The van der Waals surface area contributed by atoms with Gasteiger partial charge in [0.15, 0.2) is 0 Å². The number of hydrogen-bond acceptors (Lipinski definition) is 4.